The molecule has 4 nitrogen and oxygen atoms in total. The van der Waals surface area contributed by atoms with E-state index in [1.54, 1.807) is 0 Å². The van der Waals surface area contributed by atoms with E-state index in [1.165, 1.54) is 22.2 Å². The Morgan fingerprint density at radius 3 is 1.83 bits per heavy atom. The predicted octanol–water partition coefficient (Wildman–Crippen LogP) is 10.9. The second kappa shape index (κ2) is 10.7. The lowest BCUT2D eigenvalue weighted by molar-refractivity contribution is 1.14. The van der Waals surface area contributed by atoms with Crippen LogP contribution in [-0.2, 0) is 0 Å². The fourth-order valence-electron chi connectivity index (χ4n) is 6.62. The Morgan fingerprint density at radius 2 is 1.02 bits per heavy atom. The van der Waals surface area contributed by atoms with Crippen LogP contribution in [0.5, 0.6) is 0 Å². The molecule has 216 valence electrons. The molecule has 6 aromatic carbocycles. The highest BCUT2D eigenvalue weighted by atomic mass is 15.2. The van der Waals surface area contributed by atoms with Crippen LogP contribution in [0.15, 0.2) is 170 Å². The van der Waals surface area contributed by atoms with Crippen molar-refractivity contribution in [1.29, 1.82) is 0 Å². The van der Waals surface area contributed by atoms with Crippen molar-refractivity contribution >= 4 is 28.0 Å². The maximum absolute atomic E-state index is 5.12. The van der Waals surface area contributed by atoms with Crippen molar-refractivity contribution < 1.29 is 0 Å². The Morgan fingerprint density at radius 1 is 0.413 bits per heavy atom. The summed E-state index contributed by atoms with van der Waals surface area (Å²) in [6.07, 6.45) is 0. The summed E-state index contributed by atoms with van der Waals surface area (Å²) in [4.78, 5) is 12.5. The molecular formula is C42H28N4. The van der Waals surface area contributed by atoms with Gasteiger partial charge in [-0.25, -0.2) is 9.97 Å². The summed E-state index contributed by atoms with van der Waals surface area (Å²) in [6.45, 7) is 0. The smallest absolute Gasteiger partial charge is 0.160 e. The van der Waals surface area contributed by atoms with Gasteiger partial charge in [0.25, 0.3) is 0 Å². The van der Waals surface area contributed by atoms with Crippen molar-refractivity contribution in [1.82, 2.24) is 14.5 Å². The van der Waals surface area contributed by atoms with Crippen LogP contribution in [-0.4, -0.2) is 14.5 Å². The first-order valence-electron chi connectivity index (χ1n) is 15.5. The van der Waals surface area contributed by atoms with Gasteiger partial charge in [0.05, 0.1) is 39.7 Å². The number of rotatable bonds is 4. The molecule has 9 rings (SSSR count). The molecule has 0 saturated heterocycles. The Kier molecular flexibility index (Phi) is 6.10. The number of aromatic nitrogens is 3. The largest absolute Gasteiger partial charge is 0.308 e. The lowest BCUT2D eigenvalue weighted by Gasteiger charge is -2.27. The number of anilines is 3. The minimum atomic E-state index is 0.707. The molecule has 46 heavy (non-hydrogen) atoms. The van der Waals surface area contributed by atoms with Gasteiger partial charge in [0, 0.05) is 33.3 Å². The second-order valence-corrected chi connectivity index (χ2v) is 11.5. The minimum Gasteiger partial charge on any atom is -0.308 e. The van der Waals surface area contributed by atoms with E-state index in [-0.39, 0.29) is 0 Å². The number of para-hydroxylation sites is 4. The number of nitrogens with zero attached hydrogens (tertiary/aromatic N) is 4. The van der Waals surface area contributed by atoms with E-state index < -0.39 is 0 Å². The Bertz CT molecular complexity index is 2320. The Labute approximate surface area is 267 Å². The van der Waals surface area contributed by atoms with Gasteiger partial charge in [-0.1, -0.05) is 121 Å². The van der Waals surface area contributed by atoms with E-state index in [2.05, 4.69) is 143 Å². The topological polar surface area (TPSA) is 34.0 Å². The maximum atomic E-state index is 5.12. The first-order valence-corrected chi connectivity index (χ1v) is 15.5. The van der Waals surface area contributed by atoms with E-state index >= 15 is 0 Å². The molecule has 8 aromatic rings. The fraction of sp³-hybridized carbons (Fsp3) is 0. The lowest BCUT2D eigenvalue weighted by Crippen LogP contribution is -2.11. The van der Waals surface area contributed by atoms with Gasteiger partial charge in [-0.2, -0.15) is 0 Å². The van der Waals surface area contributed by atoms with Gasteiger partial charge in [0.15, 0.2) is 5.82 Å². The lowest BCUT2D eigenvalue weighted by atomic mass is 10.0. The summed E-state index contributed by atoms with van der Waals surface area (Å²) in [5, 5.41) is 1.23. The van der Waals surface area contributed by atoms with Crippen LogP contribution in [0.1, 0.15) is 0 Å². The zero-order chi connectivity index (χ0) is 30.5. The molecule has 3 heterocycles. The van der Waals surface area contributed by atoms with E-state index in [0.29, 0.717) is 5.82 Å². The van der Waals surface area contributed by atoms with Gasteiger partial charge in [0.2, 0.25) is 0 Å². The third kappa shape index (κ3) is 4.31. The van der Waals surface area contributed by atoms with Crippen molar-refractivity contribution in [2.24, 2.45) is 0 Å². The van der Waals surface area contributed by atoms with Crippen LogP contribution in [0.4, 0.5) is 17.1 Å². The fourth-order valence-corrected chi connectivity index (χ4v) is 6.62. The van der Waals surface area contributed by atoms with Crippen molar-refractivity contribution in [3.63, 3.8) is 0 Å². The van der Waals surface area contributed by atoms with Gasteiger partial charge in [0.1, 0.15) is 0 Å². The van der Waals surface area contributed by atoms with Crippen molar-refractivity contribution in [2.75, 3.05) is 4.90 Å². The minimum absolute atomic E-state index is 0.707. The zero-order valence-electron chi connectivity index (χ0n) is 25.0. The third-order valence-corrected chi connectivity index (χ3v) is 8.72. The van der Waals surface area contributed by atoms with Gasteiger partial charge in [-0.05, 0) is 48.5 Å². The average molecular weight is 589 g/mol. The van der Waals surface area contributed by atoms with E-state index in [4.69, 9.17) is 9.97 Å². The summed E-state index contributed by atoms with van der Waals surface area (Å²) in [7, 11) is 0. The van der Waals surface area contributed by atoms with Crippen LogP contribution in [0, 0.1) is 0 Å². The SMILES string of the molecule is c1ccc(-c2cc(-c3cccc(N4c5ccccc5-c5cc6ccccc6n5-c5ccccc54)c3)nc(-c3ccccc3)n2)cc1. The molecule has 0 unspecified atom stereocenters. The summed E-state index contributed by atoms with van der Waals surface area (Å²) in [5.74, 6) is 0.707. The first-order chi connectivity index (χ1) is 22.8. The molecule has 0 bridgehead atoms. The quantitative estimate of drug-likeness (QED) is 0.205. The molecular weight excluding hydrogens is 560 g/mol. The third-order valence-electron chi connectivity index (χ3n) is 8.72. The van der Waals surface area contributed by atoms with Crippen LogP contribution >= 0.6 is 0 Å². The molecule has 0 fully saturated rings. The highest BCUT2D eigenvalue weighted by Crippen LogP contribution is 2.49. The molecule has 0 N–H and O–H groups in total. The molecule has 0 amide bonds. The summed E-state index contributed by atoms with van der Waals surface area (Å²) < 4.78 is 2.40. The maximum Gasteiger partial charge on any atom is 0.160 e. The van der Waals surface area contributed by atoms with Gasteiger partial charge < -0.3 is 9.47 Å². The first kappa shape index (κ1) is 26.2. The molecule has 0 spiro atoms. The molecule has 0 aliphatic carbocycles. The Hall–Kier alpha value is -6.26. The van der Waals surface area contributed by atoms with E-state index in [9.17, 15) is 0 Å². The molecule has 0 saturated carbocycles. The monoisotopic (exact) mass is 588 g/mol. The van der Waals surface area contributed by atoms with E-state index in [0.717, 1.165) is 50.8 Å². The van der Waals surface area contributed by atoms with Crippen molar-refractivity contribution in [2.45, 2.75) is 0 Å². The highest BCUT2D eigenvalue weighted by molar-refractivity contribution is 5.99. The molecule has 2 aromatic heterocycles. The van der Waals surface area contributed by atoms with Crippen LogP contribution < -0.4 is 4.90 Å². The van der Waals surface area contributed by atoms with Gasteiger partial charge >= 0.3 is 0 Å². The average Bonchev–Trinajstić information content (AvgIpc) is 3.47. The van der Waals surface area contributed by atoms with Crippen LogP contribution in [0.2, 0.25) is 0 Å². The summed E-state index contributed by atoms with van der Waals surface area (Å²) >= 11 is 0. The number of benzene rings is 6. The van der Waals surface area contributed by atoms with Crippen molar-refractivity contribution in [3.05, 3.63) is 170 Å². The van der Waals surface area contributed by atoms with E-state index in [1.807, 2.05) is 36.4 Å². The van der Waals surface area contributed by atoms with Crippen LogP contribution in [0.25, 0.3) is 61.8 Å². The molecule has 0 radical (unpaired) electrons. The second-order valence-electron chi connectivity index (χ2n) is 11.5. The molecule has 0 atom stereocenters. The molecule has 4 heteroatoms. The van der Waals surface area contributed by atoms with Crippen LogP contribution in [0.3, 0.4) is 0 Å². The van der Waals surface area contributed by atoms with Crippen molar-refractivity contribution in [3.8, 4) is 50.8 Å². The summed E-state index contributed by atoms with van der Waals surface area (Å²) in [6, 6.07) is 59.7. The van der Waals surface area contributed by atoms with Gasteiger partial charge in [-0.3, -0.25) is 0 Å². The number of hydrogen-bond donors (Lipinski definition) is 0. The van der Waals surface area contributed by atoms with Gasteiger partial charge in [-0.15, -0.1) is 0 Å². The molecule has 1 aliphatic heterocycles. The molecule has 1 aliphatic rings. The Balaban J connectivity index is 1.25. The normalized spacial score (nSPS) is 11.9. The predicted molar refractivity (Wildman–Crippen MR) is 189 cm³/mol. The standard InChI is InChI=1S/C42H28N4/c1-3-14-29(15-4-1)35-28-36(44-42(43-35)30-16-5-2-6-17-30)31-19-13-20-33(26-31)45-38-23-10-8-21-34(38)41-27-32-18-7-9-22-37(32)46(41)40-25-12-11-24-39(40)45/h1-28H. The number of fused-ring (bicyclic) bond motifs is 7. The summed E-state index contributed by atoms with van der Waals surface area (Å²) in [5.41, 5.74) is 12.8. The highest BCUT2D eigenvalue weighted by Gasteiger charge is 2.27. The number of hydrogen-bond acceptors (Lipinski definition) is 3. The zero-order valence-corrected chi connectivity index (χ0v) is 25.0.